The number of esters is 1. The molecule has 0 saturated carbocycles. The lowest BCUT2D eigenvalue weighted by molar-refractivity contribution is -0.137. The monoisotopic (exact) mass is 288 g/mol. The molecule has 21 heavy (non-hydrogen) atoms. The summed E-state index contributed by atoms with van der Waals surface area (Å²) in [5, 5.41) is 6.18. The highest BCUT2D eigenvalue weighted by Gasteiger charge is 2.17. The van der Waals surface area contributed by atoms with Gasteiger partial charge in [-0.3, -0.25) is 5.01 Å². The smallest absolute Gasteiger partial charge is 0.332 e. The Bertz CT molecular complexity index is 511. The van der Waals surface area contributed by atoms with Crippen molar-refractivity contribution in [1.29, 1.82) is 0 Å². The van der Waals surface area contributed by atoms with Crippen LogP contribution in [0.25, 0.3) is 0 Å². The van der Waals surface area contributed by atoms with E-state index in [1.807, 2.05) is 52.0 Å². The van der Waals surface area contributed by atoms with Crippen molar-refractivity contribution in [3.8, 4) is 0 Å². The van der Waals surface area contributed by atoms with Crippen molar-refractivity contribution in [2.45, 2.75) is 40.2 Å². The van der Waals surface area contributed by atoms with Gasteiger partial charge in [-0.15, -0.1) is 0 Å². The molecule has 0 radical (unpaired) electrons. The Morgan fingerprint density at radius 2 is 1.90 bits per heavy atom. The van der Waals surface area contributed by atoms with Crippen LogP contribution in [0.3, 0.4) is 0 Å². The summed E-state index contributed by atoms with van der Waals surface area (Å²) in [6, 6.07) is 8.10. The summed E-state index contributed by atoms with van der Waals surface area (Å²) in [5.74, 6) is -0.364. The summed E-state index contributed by atoms with van der Waals surface area (Å²) in [6.07, 6.45) is 4.81. The maximum absolute atomic E-state index is 11.4. The van der Waals surface area contributed by atoms with Crippen LogP contribution in [0, 0.1) is 6.92 Å². The highest BCUT2D eigenvalue weighted by Crippen LogP contribution is 2.14. The van der Waals surface area contributed by atoms with Crippen molar-refractivity contribution < 1.29 is 9.53 Å². The van der Waals surface area contributed by atoms with Gasteiger partial charge in [0, 0.05) is 12.3 Å². The Kier molecular flexibility index (Phi) is 6.15. The number of hydrogen-bond donors (Lipinski definition) is 0. The average Bonchev–Trinajstić information content (AvgIpc) is 2.39. The number of rotatable bonds is 5. The number of hydrogen-bond acceptors (Lipinski definition) is 4. The third-order valence-corrected chi connectivity index (χ3v) is 2.73. The van der Waals surface area contributed by atoms with E-state index >= 15 is 0 Å². The van der Waals surface area contributed by atoms with Crippen LogP contribution >= 0.6 is 0 Å². The Morgan fingerprint density at radius 1 is 1.29 bits per heavy atom. The molecule has 0 spiro atoms. The zero-order valence-corrected chi connectivity index (χ0v) is 13.5. The van der Waals surface area contributed by atoms with E-state index in [1.54, 1.807) is 24.3 Å². The van der Waals surface area contributed by atoms with Crippen LogP contribution in [0.1, 0.15) is 38.8 Å². The minimum atomic E-state index is -0.364. The molecule has 4 nitrogen and oxygen atoms in total. The highest BCUT2D eigenvalue weighted by atomic mass is 16.5. The fraction of sp³-hybridized carbons (Fsp3) is 0.412. The summed E-state index contributed by atoms with van der Waals surface area (Å²) in [6.45, 7) is 10.3. The fourth-order valence-electron chi connectivity index (χ4n) is 1.54. The first kappa shape index (κ1) is 17.0. The summed E-state index contributed by atoms with van der Waals surface area (Å²) in [7, 11) is 0. The normalized spacial score (nSPS) is 12.0. The molecular weight excluding hydrogens is 264 g/mol. The quantitative estimate of drug-likeness (QED) is 0.360. The molecule has 0 N–H and O–H groups in total. The molecule has 0 atom stereocenters. The number of nitrogens with zero attached hydrogens (tertiary/aromatic N) is 2. The Labute approximate surface area is 127 Å². The summed E-state index contributed by atoms with van der Waals surface area (Å²) in [4.78, 5) is 11.4. The highest BCUT2D eigenvalue weighted by molar-refractivity contribution is 5.82. The molecule has 0 aliphatic carbocycles. The van der Waals surface area contributed by atoms with E-state index in [4.69, 9.17) is 4.74 Å². The van der Waals surface area contributed by atoms with Crippen molar-refractivity contribution in [3.63, 3.8) is 0 Å². The van der Waals surface area contributed by atoms with Gasteiger partial charge >= 0.3 is 5.97 Å². The Hall–Kier alpha value is -2.10. The van der Waals surface area contributed by atoms with Gasteiger partial charge in [0.05, 0.1) is 18.4 Å². The fourth-order valence-corrected chi connectivity index (χ4v) is 1.54. The maximum atomic E-state index is 11.4. The second-order valence-corrected chi connectivity index (χ2v) is 5.74. The predicted molar refractivity (Wildman–Crippen MR) is 86.1 cm³/mol. The number of carbonyl (C=O) groups is 1. The summed E-state index contributed by atoms with van der Waals surface area (Å²) >= 11 is 0. The van der Waals surface area contributed by atoms with Gasteiger partial charge in [-0.2, -0.15) is 5.10 Å². The molecule has 1 aromatic carbocycles. The molecule has 0 amide bonds. The minimum Gasteiger partial charge on any atom is -0.463 e. The van der Waals surface area contributed by atoms with Crippen LogP contribution in [0.5, 0.6) is 0 Å². The van der Waals surface area contributed by atoms with E-state index in [0.717, 1.165) is 5.56 Å². The Balaban J connectivity index is 2.84. The standard InChI is InChI=1S/C17H24N2O2/c1-6-21-16(20)11-12-19(17(3,4)5)18-13-15-9-7-14(2)8-10-15/h7-13H,6H2,1-5H3/b12-11+,18-13+. The molecule has 0 saturated heterocycles. The molecule has 0 aromatic heterocycles. The van der Waals surface area contributed by atoms with Gasteiger partial charge in [0.2, 0.25) is 0 Å². The van der Waals surface area contributed by atoms with Crippen molar-refractivity contribution in [2.75, 3.05) is 6.61 Å². The predicted octanol–water partition coefficient (Wildman–Crippen LogP) is 3.51. The van der Waals surface area contributed by atoms with Gasteiger partial charge in [-0.05, 0) is 40.2 Å². The third kappa shape index (κ3) is 6.25. The van der Waals surface area contributed by atoms with Gasteiger partial charge in [-0.25, -0.2) is 4.79 Å². The van der Waals surface area contributed by atoms with Gasteiger partial charge in [0.1, 0.15) is 0 Å². The van der Waals surface area contributed by atoms with Crippen molar-refractivity contribution in [1.82, 2.24) is 5.01 Å². The first-order chi connectivity index (χ1) is 9.82. The van der Waals surface area contributed by atoms with Crippen LogP contribution in [-0.2, 0) is 9.53 Å². The van der Waals surface area contributed by atoms with Gasteiger partial charge < -0.3 is 4.74 Å². The van der Waals surface area contributed by atoms with E-state index in [-0.39, 0.29) is 11.5 Å². The molecule has 0 aliphatic rings. The topological polar surface area (TPSA) is 41.9 Å². The van der Waals surface area contributed by atoms with Crippen LogP contribution < -0.4 is 0 Å². The number of aryl methyl sites for hydroxylation is 1. The van der Waals surface area contributed by atoms with E-state index in [9.17, 15) is 4.79 Å². The second-order valence-electron chi connectivity index (χ2n) is 5.74. The lowest BCUT2D eigenvalue weighted by Crippen LogP contribution is -2.33. The molecule has 1 aromatic rings. The molecule has 0 fully saturated rings. The minimum absolute atomic E-state index is 0.232. The molecule has 1 rings (SSSR count). The van der Waals surface area contributed by atoms with Crippen LogP contribution in [0.2, 0.25) is 0 Å². The summed E-state index contributed by atoms with van der Waals surface area (Å²) in [5.41, 5.74) is 1.99. The van der Waals surface area contributed by atoms with Gasteiger partial charge in [-0.1, -0.05) is 29.8 Å². The van der Waals surface area contributed by atoms with E-state index in [0.29, 0.717) is 6.61 Å². The molecule has 0 aliphatic heterocycles. The second kappa shape index (κ2) is 7.62. The maximum Gasteiger partial charge on any atom is 0.332 e. The van der Waals surface area contributed by atoms with Crippen LogP contribution in [0.4, 0.5) is 0 Å². The molecule has 4 heteroatoms. The first-order valence-corrected chi connectivity index (χ1v) is 7.08. The molecule has 0 heterocycles. The van der Waals surface area contributed by atoms with Gasteiger partial charge in [0.15, 0.2) is 0 Å². The van der Waals surface area contributed by atoms with Gasteiger partial charge in [0.25, 0.3) is 0 Å². The zero-order valence-electron chi connectivity index (χ0n) is 13.5. The SMILES string of the molecule is CCOC(=O)/C=C/N(/N=C/c1ccc(C)cc1)C(C)(C)C. The molecule has 114 valence electrons. The Morgan fingerprint density at radius 3 is 2.43 bits per heavy atom. The summed E-state index contributed by atoms with van der Waals surface area (Å²) < 4.78 is 4.88. The van der Waals surface area contributed by atoms with Crippen molar-refractivity contribution >= 4 is 12.2 Å². The average molecular weight is 288 g/mol. The third-order valence-electron chi connectivity index (χ3n) is 2.73. The molecule has 0 unspecified atom stereocenters. The first-order valence-electron chi connectivity index (χ1n) is 7.08. The van der Waals surface area contributed by atoms with Crippen molar-refractivity contribution in [2.24, 2.45) is 5.10 Å². The van der Waals surface area contributed by atoms with Crippen LogP contribution in [0.15, 0.2) is 41.6 Å². The number of ether oxygens (including phenoxy) is 1. The molecular formula is C17H24N2O2. The lowest BCUT2D eigenvalue weighted by Gasteiger charge is -2.29. The van der Waals surface area contributed by atoms with Crippen molar-refractivity contribution in [3.05, 3.63) is 47.7 Å². The largest absolute Gasteiger partial charge is 0.463 e. The number of carbonyl (C=O) groups excluding carboxylic acids is 1. The van der Waals surface area contributed by atoms with E-state index in [1.165, 1.54) is 11.6 Å². The number of hydrazone groups is 1. The van der Waals surface area contributed by atoms with Crippen LogP contribution in [-0.4, -0.2) is 29.3 Å². The molecule has 0 bridgehead atoms. The number of benzene rings is 1. The van der Waals surface area contributed by atoms with E-state index in [2.05, 4.69) is 5.10 Å². The van der Waals surface area contributed by atoms with E-state index < -0.39 is 0 Å². The lowest BCUT2D eigenvalue weighted by atomic mass is 10.1. The zero-order chi connectivity index (χ0) is 15.9.